The Hall–Kier alpha value is -0.0800. The van der Waals surface area contributed by atoms with E-state index in [4.69, 9.17) is 0 Å². The number of hydrogen-bond acceptors (Lipinski definition) is 2. The number of hydrogen-bond donors (Lipinski definition) is 1. The van der Waals surface area contributed by atoms with Crippen molar-refractivity contribution in [1.29, 1.82) is 0 Å². The molecule has 0 aliphatic carbocycles. The number of rotatable bonds is 3. The standard InChI is InChI=1S/C14H28N2/c1-3-6-13-7-4-5-10-16(13)14-11-15-9-8-12(14)2/h12-15H,3-11H2,1-2H3. The lowest BCUT2D eigenvalue weighted by Gasteiger charge is -2.45. The molecule has 2 heterocycles. The third kappa shape index (κ3) is 2.78. The fraction of sp³-hybridized carbons (Fsp3) is 1.00. The lowest BCUT2D eigenvalue weighted by atomic mass is 9.88. The molecule has 2 saturated heterocycles. The van der Waals surface area contributed by atoms with Crippen LogP contribution in [-0.4, -0.2) is 36.6 Å². The van der Waals surface area contributed by atoms with Crippen LogP contribution in [0.25, 0.3) is 0 Å². The van der Waals surface area contributed by atoms with Gasteiger partial charge in [-0.3, -0.25) is 4.90 Å². The normalized spacial score (nSPS) is 37.5. The fourth-order valence-electron chi connectivity index (χ4n) is 3.52. The first-order valence-corrected chi connectivity index (χ1v) is 7.29. The highest BCUT2D eigenvalue weighted by Gasteiger charge is 2.32. The quantitative estimate of drug-likeness (QED) is 0.793. The first-order chi connectivity index (χ1) is 7.83. The zero-order chi connectivity index (χ0) is 11.4. The van der Waals surface area contributed by atoms with E-state index in [1.807, 2.05) is 0 Å². The minimum absolute atomic E-state index is 0.811. The van der Waals surface area contributed by atoms with Crippen LogP contribution in [0.1, 0.15) is 52.4 Å². The average Bonchev–Trinajstić information content (AvgIpc) is 2.31. The Kier molecular flexibility index (Phi) is 4.66. The summed E-state index contributed by atoms with van der Waals surface area (Å²) >= 11 is 0. The van der Waals surface area contributed by atoms with Gasteiger partial charge in [-0.1, -0.05) is 26.7 Å². The van der Waals surface area contributed by atoms with Crippen molar-refractivity contribution in [3.05, 3.63) is 0 Å². The van der Waals surface area contributed by atoms with Crippen molar-refractivity contribution in [1.82, 2.24) is 10.2 Å². The van der Waals surface area contributed by atoms with Crippen LogP contribution in [0, 0.1) is 5.92 Å². The summed E-state index contributed by atoms with van der Waals surface area (Å²) in [6.07, 6.45) is 8.43. The second-order valence-corrected chi connectivity index (χ2v) is 5.71. The van der Waals surface area contributed by atoms with E-state index in [0.29, 0.717) is 0 Å². The van der Waals surface area contributed by atoms with Gasteiger partial charge in [0.25, 0.3) is 0 Å². The van der Waals surface area contributed by atoms with Crippen molar-refractivity contribution in [2.75, 3.05) is 19.6 Å². The van der Waals surface area contributed by atoms with E-state index >= 15 is 0 Å². The van der Waals surface area contributed by atoms with E-state index in [9.17, 15) is 0 Å². The van der Waals surface area contributed by atoms with Crippen LogP contribution in [-0.2, 0) is 0 Å². The molecule has 2 aliphatic rings. The molecule has 2 rings (SSSR count). The van der Waals surface area contributed by atoms with Gasteiger partial charge in [-0.15, -0.1) is 0 Å². The summed E-state index contributed by atoms with van der Waals surface area (Å²) < 4.78 is 0. The molecule has 2 nitrogen and oxygen atoms in total. The Morgan fingerprint density at radius 1 is 1.25 bits per heavy atom. The van der Waals surface area contributed by atoms with Crippen molar-refractivity contribution in [2.45, 2.75) is 64.5 Å². The van der Waals surface area contributed by atoms with Crippen molar-refractivity contribution < 1.29 is 0 Å². The molecular weight excluding hydrogens is 196 g/mol. The Labute approximate surface area is 101 Å². The van der Waals surface area contributed by atoms with Gasteiger partial charge in [0.05, 0.1) is 0 Å². The summed E-state index contributed by atoms with van der Waals surface area (Å²) in [5.74, 6) is 0.888. The maximum absolute atomic E-state index is 3.58. The average molecular weight is 224 g/mol. The Balaban J connectivity index is 1.97. The third-order valence-corrected chi connectivity index (χ3v) is 4.51. The highest BCUT2D eigenvalue weighted by atomic mass is 15.2. The molecule has 0 aromatic heterocycles. The molecule has 2 fully saturated rings. The molecule has 0 aromatic carbocycles. The lowest BCUT2D eigenvalue weighted by Crippen LogP contribution is -2.55. The van der Waals surface area contributed by atoms with Gasteiger partial charge in [0.2, 0.25) is 0 Å². The van der Waals surface area contributed by atoms with Crippen molar-refractivity contribution in [2.24, 2.45) is 5.92 Å². The number of nitrogens with one attached hydrogen (secondary N) is 1. The SMILES string of the molecule is CCCC1CCCCN1C1CNCCC1C. The van der Waals surface area contributed by atoms with E-state index in [0.717, 1.165) is 18.0 Å². The first-order valence-electron chi connectivity index (χ1n) is 7.29. The van der Waals surface area contributed by atoms with Crippen LogP contribution in [0.2, 0.25) is 0 Å². The van der Waals surface area contributed by atoms with Crippen LogP contribution in [0.15, 0.2) is 0 Å². The molecule has 2 heteroatoms. The fourth-order valence-corrected chi connectivity index (χ4v) is 3.52. The summed E-state index contributed by atoms with van der Waals surface area (Å²) in [7, 11) is 0. The van der Waals surface area contributed by atoms with Crippen LogP contribution < -0.4 is 5.32 Å². The summed E-state index contributed by atoms with van der Waals surface area (Å²) in [6.45, 7) is 8.57. The van der Waals surface area contributed by atoms with Crippen molar-refractivity contribution in [3.63, 3.8) is 0 Å². The molecule has 3 unspecified atom stereocenters. The molecule has 0 spiro atoms. The molecule has 3 atom stereocenters. The molecule has 2 aliphatic heterocycles. The largest absolute Gasteiger partial charge is 0.315 e. The van der Waals surface area contributed by atoms with E-state index in [1.54, 1.807) is 0 Å². The van der Waals surface area contributed by atoms with Crippen LogP contribution in [0.4, 0.5) is 0 Å². The maximum atomic E-state index is 3.58. The molecule has 1 N–H and O–H groups in total. The van der Waals surface area contributed by atoms with Crippen LogP contribution in [0.5, 0.6) is 0 Å². The molecule has 94 valence electrons. The number of likely N-dealkylation sites (tertiary alicyclic amines) is 1. The Morgan fingerprint density at radius 3 is 2.88 bits per heavy atom. The van der Waals surface area contributed by atoms with Crippen LogP contribution in [0.3, 0.4) is 0 Å². The monoisotopic (exact) mass is 224 g/mol. The van der Waals surface area contributed by atoms with Gasteiger partial charge in [-0.25, -0.2) is 0 Å². The summed E-state index contributed by atoms with van der Waals surface area (Å²) in [5.41, 5.74) is 0. The molecule has 0 amide bonds. The maximum Gasteiger partial charge on any atom is 0.0249 e. The molecule has 0 radical (unpaired) electrons. The summed E-state index contributed by atoms with van der Waals surface area (Å²) in [4.78, 5) is 2.84. The zero-order valence-electron chi connectivity index (χ0n) is 11.0. The first kappa shape index (κ1) is 12.4. The third-order valence-electron chi connectivity index (χ3n) is 4.51. The Bertz CT molecular complexity index is 203. The predicted molar refractivity (Wildman–Crippen MR) is 69.7 cm³/mol. The van der Waals surface area contributed by atoms with Gasteiger partial charge in [0.15, 0.2) is 0 Å². The van der Waals surface area contributed by atoms with Gasteiger partial charge >= 0.3 is 0 Å². The molecule has 16 heavy (non-hydrogen) atoms. The van der Waals surface area contributed by atoms with E-state index in [2.05, 4.69) is 24.1 Å². The number of nitrogens with zero attached hydrogens (tertiary/aromatic N) is 1. The van der Waals surface area contributed by atoms with E-state index in [1.165, 1.54) is 58.2 Å². The van der Waals surface area contributed by atoms with Crippen molar-refractivity contribution >= 4 is 0 Å². The zero-order valence-corrected chi connectivity index (χ0v) is 11.0. The minimum Gasteiger partial charge on any atom is -0.315 e. The van der Waals surface area contributed by atoms with E-state index in [-0.39, 0.29) is 0 Å². The highest BCUT2D eigenvalue weighted by Crippen LogP contribution is 2.27. The smallest absolute Gasteiger partial charge is 0.0249 e. The molecule has 0 bridgehead atoms. The van der Waals surface area contributed by atoms with Crippen LogP contribution >= 0.6 is 0 Å². The van der Waals surface area contributed by atoms with Gasteiger partial charge in [-0.2, -0.15) is 0 Å². The second-order valence-electron chi connectivity index (χ2n) is 5.71. The summed E-state index contributed by atoms with van der Waals surface area (Å²) in [6, 6.07) is 1.69. The predicted octanol–water partition coefficient (Wildman–Crippen LogP) is 2.64. The summed E-state index contributed by atoms with van der Waals surface area (Å²) in [5, 5.41) is 3.58. The highest BCUT2D eigenvalue weighted by molar-refractivity contribution is 4.89. The molecule has 0 saturated carbocycles. The number of piperidine rings is 2. The van der Waals surface area contributed by atoms with Gasteiger partial charge in [0.1, 0.15) is 0 Å². The Morgan fingerprint density at radius 2 is 2.12 bits per heavy atom. The van der Waals surface area contributed by atoms with Gasteiger partial charge in [-0.05, 0) is 44.7 Å². The molecule has 0 aromatic rings. The second kappa shape index (κ2) is 6.02. The molecular formula is C14H28N2. The minimum atomic E-state index is 0.811. The lowest BCUT2D eigenvalue weighted by molar-refractivity contribution is 0.0472. The topological polar surface area (TPSA) is 15.3 Å². The van der Waals surface area contributed by atoms with E-state index < -0.39 is 0 Å². The van der Waals surface area contributed by atoms with Gasteiger partial charge < -0.3 is 5.32 Å². The van der Waals surface area contributed by atoms with Crippen molar-refractivity contribution in [3.8, 4) is 0 Å². The van der Waals surface area contributed by atoms with Gasteiger partial charge in [0, 0.05) is 18.6 Å².